The molecule has 0 spiro atoms. The van der Waals surface area contributed by atoms with Gasteiger partial charge in [0.25, 0.3) is 0 Å². The second kappa shape index (κ2) is 4.76. The molecule has 0 aliphatic heterocycles. The van der Waals surface area contributed by atoms with Gasteiger partial charge >= 0.3 is 5.69 Å². The van der Waals surface area contributed by atoms with Crippen molar-refractivity contribution in [2.75, 3.05) is 6.61 Å². The van der Waals surface area contributed by atoms with Crippen LogP contribution in [0, 0.1) is 27.3 Å². The zero-order valence-corrected chi connectivity index (χ0v) is 9.01. The highest BCUT2D eigenvalue weighted by Crippen LogP contribution is 2.27. The number of halogens is 1. The molecule has 0 heterocycles. The van der Waals surface area contributed by atoms with E-state index in [4.69, 9.17) is 15.7 Å². The summed E-state index contributed by atoms with van der Waals surface area (Å²) in [6, 6.07) is 4.68. The lowest BCUT2D eigenvalue weighted by atomic mass is 10.1. The van der Waals surface area contributed by atoms with Gasteiger partial charge in [0.05, 0.1) is 17.1 Å². The smallest absolute Gasteiger partial charge is 0.313 e. The van der Waals surface area contributed by atoms with Crippen LogP contribution in [0.3, 0.4) is 0 Å². The molecule has 1 aromatic carbocycles. The molecule has 0 bridgehead atoms. The molecule has 0 fully saturated rings. The van der Waals surface area contributed by atoms with E-state index in [1.54, 1.807) is 6.07 Å². The first-order valence-electron chi connectivity index (χ1n) is 4.62. The Hall–Kier alpha value is -2.20. The van der Waals surface area contributed by atoms with Crippen LogP contribution in [0.2, 0.25) is 0 Å². The first-order chi connectivity index (χ1) is 7.85. The number of nitro groups is 1. The minimum absolute atomic E-state index is 0.122. The van der Waals surface area contributed by atoms with Crippen molar-refractivity contribution in [1.29, 1.82) is 5.26 Å². The molecule has 0 radical (unpaired) electrons. The van der Waals surface area contributed by atoms with E-state index in [9.17, 15) is 14.5 Å². The third-order valence-electron chi connectivity index (χ3n) is 1.90. The normalized spacial score (nSPS) is 13.5. The molecule has 0 saturated heterocycles. The predicted octanol–water partition coefficient (Wildman–Crippen LogP) is 1.35. The third kappa shape index (κ3) is 3.39. The van der Waals surface area contributed by atoms with Crippen LogP contribution in [0.5, 0.6) is 5.75 Å². The summed E-state index contributed by atoms with van der Waals surface area (Å²) in [6.07, 6.45) is 0. The van der Waals surface area contributed by atoms with Gasteiger partial charge < -0.3 is 10.5 Å². The number of benzene rings is 1. The van der Waals surface area contributed by atoms with E-state index in [0.717, 1.165) is 18.2 Å². The number of hydrogen-bond acceptors (Lipinski definition) is 5. The van der Waals surface area contributed by atoms with Gasteiger partial charge in [0.2, 0.25) is 0 Å². The van der Waals surface area contributed by atoms with Crippen LogP contribution < -0.4 is 10.5 Å². The predicted molar refractivity (Wildman–Crippen MR) is 56.8 cm³/mol. The standard InChI is InChI=1S/C10H10FN3O3/c1-10(13,5-12)6-17-9-3-2-7(11)4-8(9)14(15)16/h2-4H,6,13H2,1H3. The molecule has 2 N–H and O–H groups in total. The molecule has 1 rings (SSSR count). The zero-order valence-electron chi connectivity index (χ0n) is 9.01. The molecule has 1 unspecified atom stereocenters. The van der Waals surface area contributed by atoms with E-state index < -0.39 is 22.0 Å². The molecule has 0 amide bonds. The van der Waals surface area contributed by atoms with Crippen molar-refractivity contribution in [3.8, 4) is 11.8 Å². The van der Waals surface area contributed by atoms with Gasteiger partial charge in [0.1, 0.15) is 18.0 Å². The molecule has 0 aliphatic rings. The molecular formula is C10H10FN3O3. The highest BCUT2D eigenvalue weighted by Gasteiger charge is 2.22. The average Bonchev–Trinajstić information content (AvgIpc) is 2.27. The summed E-state index contributed by atoms with van der Waals surface area (Å²) in [5.74, 6) is -0.858. The van der Waals surface area contributed by atoms with Gasteiger partial charge in [-0.05, 0) is 19.1 Å². The van der Waals surface area contributed by atoms with Crippen molar-refractivity contribution in [2.45, 2.75) is 12.5 Å². The Morgan fingerprint density at radius 2 is 2.35 bits per heavy atom. The van der Waals surface area contributed by atoms with Crippen molar-refractivity contribution in [3.63, 3.8) is 0 Å². The third-order valence-corrected chi connectivity index (χ3v) is 1.90. The van der Waals surface area contributed by atoms with Crippen LogP contribution in [0.15, 0.2) is 18.2 Å². The molecule has 0 aliphatic carbocycles. The molecule has 1 aromatic rings. The number of hydrogen-bond donors (Lipinski definition) is 1. The minimum atomic E-state index is -1.26. The van der Waals surface area contributed by atoms with E-state index in [0.29, 0.717) is 0 Å². The van der Waals surface area contributed by atoms with Gasteiger partial charge in [0, 0.05) is 0 Å². The van der Waals surface area contributed by atoms with Crippen LogP contribution in [-0.2, 0) is 0 Å². The molecule has 90 valence electrons. The van der Waals surface area contributed by atoms with E-state index in [-0.39, 0.29) is 12.4 Å². The number of nitro benzene ring substituents is 1. The van der Waals surface area contributed by atoms with Gasteiger partial charge in [0.15, 0.2) is 5.75 Å². The summed E-state index contributed by atoms with van der Waals surface area (Å²) in [6.45, 7) is 1.19. The fourth-order valence-corrected chi connectivity index (χ4v) is 1.02. The highest BCUT2D eigenvalue weighted by molar-refractivity contribution is 5.46. The first-order valence-corrected chi connectivity index (χ1v) is 4.62. The molecule has 6 nitrogen and oxygen atoms in total. The maximum Gasteiger partial charge on any atom is 0.313 e. The Balaban J connectivity index is 2.92. The minimum Gasteiger partial charge on any atom is -0.484 e. The highest BCUT2D eigenvalue weighted by atomic mass is 19.1. The summed E-state index contributed by atoms with van der Waals surface area (Å²) < 4.78 is 17.9. The molecule has 0 saturated carbocycles. The molecule has 0 aromatic heterocycles. The van der Waals surface area contributed by atoms with Crippen LogP contribution in [0.4, 0.5) is 10.1 Å². The second-order valence-corrected chi connectivity index (χ2v) is 3.69. The van der Waals surface area contributed by atoms with Gasteiger partial charge in [-0.2, -0.15) is 5.26 Å². The maximum absolute atomic E-state index is 12.8. The van der Waals surface area contributed by atoms with Crippen molar-refractivity contribution >= 4 is 5.69 Å². The lowest BCUT2D eigenvalue weighted by Crippen LogP contribution is -2.40. The Kier molecular flexibility index (Phi) is 3.60. The Morgan fingerprint density at radius 1 is 1.71 bits per heavy atom. The van der Waals surface area contributed by atoms with Crippen molar-refractivity contribution < 1.29 is 14.1 Å². The maximum atomic E-state index is 12.8. The van der Waals surface area contributed by atoms with E-state index in [1.807, 2.05) is 0 Å². The molecular weight excluding hydrogens is 229 g/mol. The number of nitriles is 1. The van der Waals surface area contributed by atoms with Crippen molar-refractivity contribution in [1.82, 2.24) is 0 Å². The number of nitrogens with two attached hydrogens (primary N) is 1. The summed E-state index contributed by atoms with van der Waals surface area (Å²) >= 11 is 0. The van der Waals surface area contributed by atoms with Crippen molar-refractivity contribution in [3.05, 3.63) is 34.1 Å². The van der Waals surface area contributed by atoms with Crippen LogP contribution in [-0.4, -0.2) is 17.1 Å². The van der Waals surface area contributed by atoms with Gasteiger partial charge in [-0.1, -0.05) is 0 Å². The van der Waals surface area contributed by atoms with Crippen molar-refractivity contribution in [2.24, 2.45) is 5.73 Å². The molecule has 17 heavy (non-hydrogen) atoms. The summed E-state index contributed by atoms with van der Waals surface area (Å²) in [7, 11) is 0. The number of nitrogens with zero attached hydrogens (tertiary/aromatic N) is 2. The summed E-state index contributed by atoms with van der Waals surface area (Å²) in [4.78, 5) is 9.87. The fourth-order valence-electron chi connectivity index (χ4n) is 1.02. The van der Waals surface area contributed by atoms with Gasteiger partial charge in [-0.25, -0.2) is 4.39 Å². The zero-order chi connectivity index (χ0) is 13.1. The Bertz CT molecular complexity index is 482. The summed E-state index contributed by atoms with van der Waals surface area (Å²) in [5, 5.41) is 19.3. The topological polar surface area (TPSA) is 102 Å². The van der Waals surface area contributed by atoms with E-state index >= 15 is 0 Å². The lowest BCUT2D eigenvalue weighted by Gasteiger charge is -2.15. The number of ether oxygens (including phenoxy) is 1. The first kappa shape index (κ1) is 12.9. The van der Waals surface area contributed by atoms with Gasteiger partial charge in [-0.15, -0.1) is 0 Å². The lowest BCUT2D eigenvalue weighted by molar-refractivity contribution is -0.386. The van der Waals surface area contributed by atoms with Crippen LogP contribution in [0.1, 0.15) is 6.92 Å². The quantitative estimate of drug-likeness (QED) is 0.631. The largest absolute Gasteiger partial charge is 0.484 e. The number of rotatable bonds is 4. The van der Waals surface area contributed by atoms with E-state index in [1.165, 1.54) is 6.92 Å². The fraction of sp³-hybridized carbons (Fsp3) is 0.300. The Labute approximate surface area is 96.6 Å². The summed E-state index contributed by atoms with van der Waals surface area (Å²) in [5.41, 5.74) is 3.73. The van der Waals surface area contributed by atoms with Crippen LogP contribution >= 0.6 is 0 Å². The second-order valence-electron chi connectivity index (χ2n) is 3.69. The molecule has 7 heteroatoms. The monoisotopic (exact) mass is 239 g/mol. The SMILES string of the molecule is CC(N)(C#N)COc1ccc(F)cc1[N+](=O)[O-]. The molecule has 1 atom stereocenters. The Morgan fingerprint density at radius 3 is 2.88 bits per heavy atom. The van der Waals surface area contributed by atoms with Gasteiger partial charge in [-0.3, -0.25) is 10.1 Å². The van der Waals surface area contributed by atoms with E-state index in [2.05, 4.69) is 0 Å². The van der Waals surface area contributed by atoms with Crippen LogP contribution in [0.25, 0.3) is 0 Å². The average molecular weight is 239 g/mol.